The van der Waals surface area contributed by atoms with Crippen molar-refractivity contribution in [2.45, 2.75) is 6.92 Å². The lowest BCUT2D eigenvalue weighted by Gasteiger charge is -2.12. The van der Waals surface area contributed by atoms with Crippen LogP contribution in [0.25, 0.3) is 0 Å². The van der Waals surface area contributed by atoms with Crippen molar-refractivity contribution in [1.82, 2.24) is 5.43 Å². The predicted molar refractivity (Wildman–Crippen MR) is 86.8 cm³/mol. The maximum Gasteiger partial charge on any atom is 0.271 e. The Hall–Kier alpha value is -2.69. The first-order valence-electron chi connectivity index (χ1n) is 6.85. The molecule has 4 nitrogen and oxygen atoms in total. The Kier molecular flexibility index (Phi) is 4.88. The van der Waals surface area contributed by atoms with E-state index in [-0.39, 0.29) is 11.7 Å². The predicted octanol–water partition coefficient (Wildman–Crippen LogP) is 3.05. The zero-order chi connectivity index (χ0) is 16.1. The van der Waals surface area contributed by atoms with Gasteiger partial charge in [0.2, 0.25) is 0 Å². The number of carbonyl (C=O) groups is 1. The van der Waals surface area contributed by atoms with Crippen molar-refractivity contribution in [2.75, 3.05) is 19.0 Å². The number of benzene rings is 2. The number of hydrazone groups is 1. The molecule has 1 amide bonds. The highest BCUT2D eigenvalue weighted by Gasteiger charge is 2.05. The first-order valence-corrected chi connectivity index (χ1v) is 6.85. The van der Waals surface area contributed by atoms with Crippen molar-refractivity contribution in [3.63, 3.8) is 0 Å². The number of nitrogens with zero attached hydrogens (tertiary/aromatic N) is 2. The monoisotopic (exact) mass is 299 g/mol. The van der Waals surface area contributed by atoms with E-state index in [0.29, 0.717) is 11.3 Å². The van der Waals surface area contributed by atoms with Crippen molar-refractivity contribution in [3.8, 4) is 0 Å². The molecule has 1 N–H and O–H groups in total. The molecule has 0 aromatic heterocycles. The van der Waals surface area contributed by atoms with Gasteiger partial charge in [-0.1, -0.05) is 12.1 Å². The number of hydrogen-bond acceptors (Lipinski definition) is 3. The van der Waals surface area contributed by atoms with E-state index in [9.17, 15) is 9.18 Å². The average molecular weight is 299 g/mol. The molecule has 0 aliphatic heterocycles. The SMILES string of the molecule is C/C(=N/NC(=O)c1ccc(F)cc1)c1ccc(N(C)C)cc1. The molecule has 5 heteroatoms. The molecule has 2 aromatic rings. The van der Waals surface area contributed by atoms with E-state index >= 15 is 0 Å². The Labute approximate surface area is 129 Å². The molecule has 0 radical (unpaired) electrons. The van der Waals surface area contributed by atoms with E-state index in [1.165, 1.54) is 24.3 Å². The number of hydrogen-bond donors (Lipinski definition) is 1. The third-order valence-electron chi connectivity index (χ3n) is 3.23. The normalized spacial score (nSPS) is 11.2. The number of carbonyl (C=O) groups excluding carboxylic acids is 1. The van der Waals surface area contributed by atoms with Crippen LogP contribution in [0.3, 0.4) is 0 Å². The Morgan fingerprint density at radius 3 is 2.09 bits per heavy atom. The van der Waals surface area contributed by atoms with Gasteiger partial charge in [-0.3, -0.25) is 4.79 Å². The van der Waals surface area contributed by atoms with Gasteiger partial charge in [0, 0.05) is 25.3 Å². The topological polar surface area (TPSA) is 44.7 Å². The molecule has 0 aliphatic rings. The summed E-state index contributed by atoms with van der Waals surface area (Å²) in [5.74, 6) is -0.749. The third kappa shape index (κ3) is 3.91. The summed E-state index contributed by atoms with van der Waals surface area (Å²) in [4.78, 5) is 13.9. The molecule has 0 unspecified atom stereocenters. The van der Waals surface area contributed by atoms with Gasteiger partial charge in [0.1, 0.15) is 5.82 Å². The van der Waals surface area contributed by atoms with E-state index in [2.05, 4.69) is 10.5 Å². The largest absolute Gasteiger partial charge is 0.378 e. The van der Waals surface area contributed by atoms with Crippen molar-refractivity contribution in [3.05, 3.63) is 65.5 Å². The second-order valence-electron chi connectivity index (χ2n) is 5.09. The molecule has 2 rings (SSSR count). The maximum absolute atomic E-state index is 12.8. The Morgan fingerprint density at radius 1 is 1.00 bits per heavy atom. The number of anilines is 1. The molecule has 0 heterocycles. The molecule has 114 valence electrons. The lowest BCUT2D eigenvalue weighted by Crippen LogP contribution is -2.19. The zero-order valence-corrected chi connectivity index (χ0v) is 12.8. The number of nitrogens with one attached hydrogen (secondary N) is 1. The van der Waals surface area contributed by atoms with E-state index < -0.39 is 0 Å². The maximum atomic E-state index is 12.8. The van der Waals surface area contributed by atoms with Crippen LogP contribution < -0.4 is 10.3 Å². The van der Waals surface area contributed by atoms with Gasteiger partial charge in [-0.05, 0) is 48.9 Å². The summed E-state index contributed by atoms with van der Waals surface area (Å²) in [6, 6.07) is 13.2. The highest BCUT2D eigenvalue weighted by Crippen LogP contribution is 2.12. The van der Waals surface area contributed by atoms with E-state index in [4.69, 9.17) is 0 Å². The van der Waals surface area contributed by atoms with Gasteiger partial charge < -0.3 is 4.90 Å². The fourth-order valence-electron chi connectivity index (χ4n) is 1.87. The summed E-state index contributed by atoms with van der Waals surface area (Å²) >= 11 is 0. The van der Waals surface area contributed by atoms with Crippen LogP contribution in [0.15, 0.2) is 53.6 Å². The molecule has 0 bridgehead atoms. The quantitative estimate of drug-likeness (QED) is 0.696. The van der Waals surface area contributed by atoms with Gasteiger partial charge in [0.25, 0.3) is 5.91 Å². The van der Waals surface area contributed by atoms with Crippen LogP contribution in [0.2, 0.25) is 0 Å². The summed E-state index contributed by atoms with van der Waals surface area (Å²) < 4.78 is 12.8. The Balaban J connectivity index is 2.05. The van der Waals surface area contributed by atoms with Crippen LogP contribution >= 0.6 is 0 Å². The van der Waals surface area contributed by atoms with Gasteiger partial charge in [0.15, 0.2) is 0 Å². The first kappa shape index (κ1) is 15.7. The van der Waals surface area contributed by atoms with Crippen molar-refractivity contribution < 1.29 is 9.18 Å². The summed E-state index contributed by atoms with van der Waals surface area (Å²) in [5, 5.41) is 4.08. The van der Waals surface area contributed by atoms with Crippen LogP contribution in [-0.2, 0) is 0 Å². The fraction of sp³-hybridized carbons (Fsp3) is 0.176. The molecule has 2 aromatic carbocycles. The fourth-order valence-corrected chi connectivity index (χ4v) is 1.87. The lowest BCUT2D eigenvalue weighted by atomic mass is 10.1. The second-order valence-corrected chi connectivity index (χ2v) is 5.09. The number of halogens is 1. The van der Waals surface area contributed by atoms with Gasteiger partial charge in [-0.15, -0.1) is 0 Å². The molecular formula is C17H18FN3O. The molecule has 0 saturated carbocycles. The van der Waals surface area contributed by atoms with E-state index in [1.54, 1.807) is 0 Å². The Morgan fingerprint density at radius 2 is 1.55 bits per heavy atom. The first-order chi connectivity index (χ1) is 10.5. The molecule has 0 atom stereocenters. The average Bonchev–Trinajstić information content (AvgIpc) is 2.53. The van der Waals surface area contributed by atoms with Crippen LogP contribution in [0.5, 0.6) is 0 Å². The smallest absolute Gasteiger partial charge is 0.271 e. The summed E-state index contributed by atoms with van der Waals surface area (Å²) in [6.07, 6.45) is 0. The highest BCUT2D eigenvalue weighted by molar-refractivity contribution is 6.01. The van der Waals surface area contributed by atoms with Gasteiger partial charge in [0.05, 0.1) is 5.71 Å². The lowest BCUT2D eigenvalue weighted by molar-refractivity contribution is 0.0955. The molecule has 0 saturated heterocycles. The van der Waals surface area contributed by atoms with Crippen molar-refractivity contribution in [2.24, 2.45) is 5.10 Å². The summed E-state index contributed by atoms with van der Waals surface area (Å²) in [6.45, 7) is 1.82. The molecule has 0 fully saturated rings. The summed E-state index contributed by atoms with van der Waals surface area (Å²) in [5.41, 5.74) is 5.54. The van der Waals surface area contributed by atoms with Crippen LogP contribution in [0.1, 0.15) is 22.8 Å². The Bertz CT molecular complexity index is 676. The molecule has 22 heavy (non-hydrogen) atoms. The van der Waals surface area contributed by atoms with Crippen LogP contribution in [0, 0.1) is 5.82 Å². The second kappa shape index (κ2) is 6.85. The van der Waals surface area contributed by atoms with Crippen LogP contribution in [0.4, 0.5) is 10.1 Å². The molecule has 0 aliphatic carbocycles. The molecular weight excluding hydrogens is 281 g/mol. The minimum absolute atomic E-state index is 0.362. The number of amides is 1. The summed E-state index contributed by atoms with van der Waals surface area (Å²) in [7, 11) is 3.94. The standard InChI is InChI=1S/C17H18FN3O/c1-12(13-6-10-16(11-7-13)21(2)3)19-20-17(22)14-4-8-15(18)9-5-14/h4-11H,1-3H3,(H,20,22)/b19-12-. The van der Waals surface area contributed by atoms with Gasteiger partial charge >= 0.3 is 0 Å². The van der Waals surface area contributed by atoms with Gasteiger partial charge in [-0.2, -0.15) is 5.10 Å². The van der Waals surface area contributed by atoms with Crippen molar-refractivity contribution >= 4 is 17.3 Å². The van der Waals surface area contributed by atoms with Crippen LogP contribution in [-0.4, -0.2) is 25.7 Å². The number of rotatable bonds is 4. The molecule has 0 spiro atoms. The van der Waals surface area contributed by atoms with E-state index in [0.717, 1.165) is 11.3 Å². The third-order valence-corrected chi connectivity index (χ3v) is 3.23. The van der Waals surface area contributed by atoms with Gasteiger partial charge in [-0.25, -0.2) is 9.82 Å². The minimum Gasteiger partial charge on any atom is -0.378 e. The zero-order valence-electron chi connectivity index (χ0n) is 12.8. The van der Waals surface area contributed by atoms with Crippen molar-refractivity contribution in [1.29, 1.82) is 0 Å². The highest BCUT2D eigenvalue weighted by atomic mass is 19.1. The van der Waals surface area contributed by atoms with E-state index in [1.807, 2.05) is 50.2 Å². The minimum atomic E-state index is -0.378.